The molecule has 1 heterocycles. The van der Waals surface area contributed by atoms with Crippen molar-refractivity contribution in [3.63, 3.8) is 0 Å². The van der Waals surface area contributed by atoms with Crippen molar-refractivity contribution >= 4 is 34.7 Å². The molecule has 5 nitrogen and oxygen atoms in total. The van der Waals surface area contributed by atoms with Crippen LogP contribution in [0.5, 0.6) is 0 Å². The third-order valence-corrected chi connectivity index (χ3v) is 2.88. The maximum atomic E-state index is 10.7. The molecule has 2 N–H and O–H groups in total. The van der Waals surface area contributed by atoms with Gasteiger partial charge in [-0.1, -0.05) is 35.3 Å². The van der Waals surface area contributed by atoms with E-state index in [9.17, 15) is 10.1 Å². The number of rotatable bonds is 2. The van der Waals surface area contributed by atoms with Gasteiger partial charge in [0, 0.05) is 17.7 Å². The van der Waals surface area contributed by atoms with E-state index in [4.69, 9.17) is 28.9 Å². The van der Waals surface area contributed by atoms with Crippen LogP contribution in [0.25, 0.3) is 11.3 Å². The maximum absolute atomic E-state index is 10.7. The number of nitrogens with two attached hydrogens (primary N) is 1. The zero-order valence-corrected chi connectivity index (χ0v) is 10.4. The predicted octanol–water partition coefficient (Wildman–Crippen LogP) is 3.55. The molecule has 0 saturated carbocycles. The van der Waals surface area contributed by atoms with Gasteiger partial charge in [-0.3, -0.25) is 10.1 Å². The summed E-state index contributed by atoms with van der Waals surface area (Å²) < 4.78 is 0. The lowest BCUT2D eigenvalue weighted by Gasteiger charge is -2.06. The van der Waals surface area contributed by atoms with Gasteiger partial charge in [-0.05, 0) is 6.07 Å². The van der Waals surface area contributed by atoms with Crippen LogP contribution in [-0.4, -0.2) is 9.91 Å². The van der Waals surface area contributed by atoms with Crippen molar-refractivity contribution in [3.05, 3.63) is 50.5 Å². The van der Waals surface area contributed by atoms with Gasteiger partial charge in [0.1, 0.15) is 5.82 Å². The SMILES string of the molecule is Nc1nc(-c2cccc([N+](=O)[O-])c2)c(Cl)cc1Cl. The minimum absolute atomic E-state index is 0.0427. The molecule has 92 valence electrons. The first-order valence-corrected chi connectivity index (χ1v) is 5.61. The van der Waals surface area contributed by atoms with Crippen LogP contribution < -0.4 is 5.73 Å². The molecular formula is C11H7Cl2N3O2. The van der Waals surface area contributed by atoms with Crippen LogP contribution in [0.1, 0.15) is 0 Å². The first-order chi connectivity index (χ1) is 8.49. The van der Waals surface area contributed by atoms with Crippen molar-refractivity contribution in [2.45, 2.75) is 0 Å². The van der Waals surface area contributed by atoms with Crippen molar-refractivity contribution in [1.82, 2.24) is 4.98 Å². The molecule has 0 bridgehead atoms. The Balaban J connectivity index is 2.58. The van der Waals surface area contributed by atoms with Crippen LogP contribution in [0.15, 0.2) is 30.3 Å². The Hall–Kier alpha value is -1.85. The van der Waals surface area contributed by atoms with Crippen molar-refractivity contribution in [1.29, 1.82) is 0 Å². The molecule has 18 heavy (non-hydrogen) atoms. The summed E-state index contributed by atoms with van der Waals surface area (Å²) in [4.78, 5) is 14.2. The van der Waals surface area contributed by atoms with Gasteiger partial charge in [0.25, 0.3) is 5.69 Å². The molecule has 0 radical (unpaired) electrons. The second-order valence-electron chi connectivity index (χ2n) is 3.49. The maximum Gasteiger partial charge on any atom is 0.270 e. The fourth-order valence-corrected chi connectivity index (χ4v) is 1.92. The van der Waals surface area contributed by atoms with Gasteiger partial charge in [0.2, 0.25) is 0 Å². The van der Waals surface area contributed by atoms with E-state index < -0.39 is 4.92 Å². The first kappa shape index (κ1) is 12.6. The van der Waals surface area contributed by atoms with Gasteiger partial charge >= 0.3 is 0 Å². The standard InChI is InChI=1S/C11H7Cl2N3O2/c12-8-5-9(13)11(14)15-10(8)6-2-1-3-7(4-6)16(17)18/h1-5H,(H2,14,15). The summed E-state index contributed by atoms with van der Waals surface area (Å²) >= 11 is 11.8. The number of nitro groups is 1. The molecule has 0 aliphatic rings. The highest BCUT2D eigenvalue weighted by Crippen LogP contribution is 2.32. The number of benzene rings is 1. The smallest absolute Gasteiger partial charge is 0.270 e. The molecule has 1 aromatic carbocycles. The highest BCUT2D eigenvalue weighted by atomic mass is 35.5. The number of non-ortho nitro benzene ring substituents is 1. The molecular weight excluding hydrogens is 277 g/mol. The third-order valence-electron chi connectivity index (χ3n) is 2.29. The molecule has 0 unspecified atom stereocenters. The lowest BCUT2D eigenvalue weighted by molar-refractivity contribution is -0.384. The van der Waals surface area contributed by atoms with Crippen molar-refractivity contribution in [2.75, 3.05) is 5.73 Å². The van der Waals surface area contributed by atoms with E-state index in [2.05, 4.69) is 4.98 Å². The normalized spacial score (nSPS) is 10.3. The quantitative estimate of drug-likeness (QED) is 0.675. The fraction of sp³-hybridized carbons (Fsp3) is 0. The van der Waals surface area contributed by atoms with Crippen LogP contribution in [0.2, 0.25) is 10.0 Å². The van der Waals surface area contributed by atoms with Crippen LogP contribution in [0, 0.1) is 10.1 Å². The van der Waals surface area contributed by atoms with E-state index in [1.165, 1.54) is 18.2 Å². The van der Waals surface area contributed by atoms with Gasteiger partial charge in [0.05, 0.1) is 20.7 Å². The number of anilines is 1. The van der Waals surface area contributed by atoms with Crippen LogP contribution >= 0.6 is 23.2 Å². The molecule has 0 aliphatic heterocycles. The molecule has 2 aromatic rings. The number of nitro benzene ring substituents is 1. The highest BCUT2D eigenvalue weighted by molar-refractivity contribution is 6.37. The predicted molar refractivity (Wildman–Crippen MR) is 70.8 cm³/mol. The minimum atomic E-state index is -0.489. The molecule has 0 aliphatic carbocycles. The third kappa shape index (κ3) is 2.37. The summed E-state index contributed by atoms with van der Waals surface area (Å²) in [6.07, 6.45) is 0. The number of hydrogen-bond donors (Lipinski definition) is 1. The monoisotopic (exact) mass is 283 g/mol. The lowest BCUT2D eigenvalue weighted by Crippen LogP contribution is -1.95. The van der Waals surface area contributed by atoms with Gasteiger partial charge in [-0.2, -0.15) is 0 Å². The van der Waals surface area contributed by atoms with Gasteiger partial charge in [-0.25, -0.2) is 4.98 Å². The molecule has 0 spiro atoms. The number of halogens is 2. The highest BCUT2D eigenvalue weighted by Gasteiger charge is 2.12. The Kier molecular flexibility index (Phi) is 3.36. The van der Waals surface area contributed by atoms with E-state index in [0.717, 1.165) is 0 Å². The summed E-state index contributed by atoms with van der Waals surface area (Å²) in [7, 11) is 0. The Morgan fingerprint density at radius 3 is 2.61 bits per heavy atom. The molecule has 0 saturated heterocycles. The average molecular weight is 284 g/mol. The Morgan fingerprint density at radius 1 is 1.22 bits per heavy atom. The Bertz CT molecular complexity index is 632. The van der Waals surface area contributed by atoms with E-state index in [0.29, 0.717) is 11.3 Å². The molecule has 7 heteroatoms. The van der Waals surface area contributed by atoms with E-state index in [1.54, 1.807) is 12.1 Å². The average Bonchev–Trinajstić information content (AvgIpc) is 2.34. The number of nitrogens with zero attached hydrogens (tertiary/aromatic N) is 2. The van der Waals surface area contributed by atoms with Gasteiger partial charge in [-0.15, -0.1) is 0 Å². The van der Waals surface area contributed by atoms with Crippen molar-refractivity contribution in [2.24, 2.45) is 0 Å². The molecule has 0 atom stereocenters. The van der Waals surface area contributed by atoms with Crippen LogP contribution in [-0.2, 0) is 0 Å². The van der Waals surface area contributed by atoms with E-state index in [-0.39, 0.29) is 21.6 Å². The van der Waals surface area contributed by atoms with Crippen molar-refractivity contribution in [3.8, 4) is 11.3 Å². The summed E-state index contributed by atoms with van der Waals surface area (Å²) in [6.45, 7) is 0. The van der Waals surface area contributed by atoms with E-state index >= 15 is 0 Å². The molecule has 1 aromatic heterocycles. The lowest BCUT2D eigenvalue weighted by atomic mass is 10.1. The number of nitrogen functional groups attached to an aromatic ring is 1. The number of aromatic nitrogens is 1. The summed E-state index contributed by atoms with van der Waals surface area (Å²) in [5, 5.41) is 11.2. The van der Waals surface area contributed by atoms with Gasteiger partial charge in [0.15, 0.2) is 0 Å². The number of hydrogen-bond acceptors (Lipinski definition) is 4. The Labute approximate surface area is 112 Å². The second kappa shape index (κ2) is 4.80. The molecule has 0 fully saturated rings. The topological polar surface area (TPSA) is 82.0 Å². The van der Waals surface area contributed by atoms with Crippen LogP contribution in [0.4, 0.5) is 11.5 Å². The first-order valence-electron chi connectivity index (χ1n) is 4.85. The largest absolute Gasteiger partial charge is 0.382 e. The summed E-state index contributed by atoms with van der Waals surface area (Å²) in [6, 6.07) is 7.43. The zero-order valence-electron chi connectivity index (χ0n) is 8.93. The van der Waals surface area contributed by atoms with Crippen LogP contribution in [0.3, 0.4) is 0 Å². The molecule has 2 rings (SSSR count). The van der Waals surface area contributed by atoms with E-state index in [1.807, 2.05) is 0 Å². The Morgan fingerprint density at radius 2 is 1.94 bits per heavy atom. The second-order valence-corrected chi connectivity index (χ2v) is 4.31. The minimum Gasteiger partial charge on any atom is -0.382 e. The molecule has 0 amide bonds. The summed E-state index contributed by atoms with van der Waals surface area (Å²) in [5.41, 5.74) is 6.42. The zero-order chi connectivity index (χ0) is 13.3. The fourth-order valence-electron chi connectivity index (χ4n) is 1.45. The number of pyridine rings is 1. The summed E-state index contributed by atoms with van der Waals surface area (Å²) in [5.74, 6) is 0.127. The van der Waals surface area contributed by atoms with Gasteiger partial charge < -0.3 is 5.73 Å². The van der Waals surface area contributed by atoms with Crippen molar-refractivity contribution < 1.29 is 4.92 Å².